The third kappa shape index (κ3) is 2.98. The van der Waals surface area contributed by atoms with Crippen molar-refractivity contribution >= 4 is 55.6 Å². The highest BCUT2D eigenvalue weighted by Gasteiger charge is 2.55. The van der Waals surface area contributed by atoms with Gasteiger partial charge in [0.1, 0.15) is 18.9 Å². The van der Waals surface area contributed by atoms with E-state index in [4.69, 9.17) is 14.2 Å². The summed E-state index contributed by atoms with van der Waals surface area (Å²) in [6.07, 6.45) is -2.55. The summed E-state index contributed by atoms with van der Waals surface area (Å²) in [5.41, 5.74) is 3.28. The van der Waals surface area contributed by atoms with Gasteiger partial charge in [0.05, 0.1) is 40.3 Å². The second kappa shape index (κ2) is 8.68. The lowest BCUT2D eigenvalue weighted by molar-refractivity contribution is -0.265. The molecule has 5 atom stereocenters. The highest BCUT2D eigenvalue weighted by Crippen LogP contribution is 2.54. The Hall–Kier alpha value is -4.16. The van der Waals surface area contributed by atoms with Crippen LogP contribution in [0.15, 0.2) is 48.5 Å². The lowest BCUT2D eigenvalue weighted by Gasteiger charge is -2.50. The number of carbonyl (C=O) groups is 2. The molecule has 3 N–H and O–H groups in total. The van der Waals surface area contributed by atoms with Crippen molar-refractivity contribution in [3.63, 3.8) is 0 Å². The number of rotatable bonds is 4. The first-order valence-electron chi connectivity index (χ1n) is 14.0. The van der Waals surface area contributed by atoms with Gasteiger partial charge in [-0.2, -0.15) is 0 Å². The predicted molar refractivity (Wildman–Crippen MR) is 154 cm³/mol. The molecule has 11 heteroatoms. The van der Waals surface area contributed by atoms with Crippen LogP contribution in [0.5, 0.6) is 0 Å². The van der Waals surface area contributed by atoms with E-state index in [9.17, 15) is 19.8 Å². The highest BCUT2D eigenvalue weighted by molar-refractivity contribution is 6.31. The normalized spacial score (nSPS) is 26.3. The largest absolute Gasteiger partial charge is 0.447 e. The van der Waals surface area contributed by atoms with Crippen molar-refractivity contribution in [3.8, 4) is 0 Å². The Bertz CT molecular complexity index is 1980. The van der Waals surface area contributed by atoms with Crippen LogP contribution < -0.4 is 5.32 Å². The van der Waals surface area contributed by atoms with Gasteiger partial charge in [0.25, 0.3) is 5.91 Å². The Labute approximate surface area is 239 Å². The molecule has 5 heterocycles. The van der Waals surface area contributed by atoms with E-state index in [1.807, 2.05) is 55.5 Å². The monoisotopic (exact) mass is 570 g/mol. The zero-order chi connectivity index (χ0) is 29.1. The minimum absolute atomic E-state index is 0.113. The number of amides is 2. The van der Waals surface area contributed by atoms with Crippen molar-refractivity contribution in [1.82, 2.24) is 19.4 Å². The number of ether oxygens (including phenoxy) is 3. The summed E-state index contributed by atoms with van der Waals surface area (Å²) in [5, 5.41) is 26.5. The molecule has 2 bridgehead atoms. The maximum absolute atomic E-state index is 13.5. The van der Waals surface area contributed by atoms with Crippen LogP contribution in [-0.2, 0) is 19.9 Å². The zero-order valence-electron chi connectivity index (χ0n) is 23.3. The molecule has 42 heavy (non-hydrogen) atoms. The van der Waals surface area contributed by atoms with E-state index in [2.05, 4.69) is 14.5 Å². The second-order valence-electron chi connectivity index (χ2n) is 11.4. The van der Waals surface area contributed by atoms with Crippen molar-refractivity contribution in [2.24, 2.45) is 0 Å². The summed E-state index contributed by atoms with van der Waals surface area (Å²) in [6.45, 7) is 1.58. The van der Waals surface area contributed by atoms with E-state index in [0.29, 0.717) is 17.5 Å². The van der Waals surface area contributed by atoms with Gasteiger partial charge in [0.15, 0.2) is 12.0 Å². The van der Waals surface area contributed by atoms with Gasteiger partial charge in [0.2, 0.25) is 0 Å². The van der Waals surface area contributed by atoms with Crippen LogP contribution in [0, 0.1) is 0 Å². The van der Waals surface area contributed by atoms with Crippen molar-refractivity contribution in [2.45, 2.75) is 43.7 Å². The van der Waals surface area contributed by atoms with E-state index in [1.54, 1.807) is 14.2 Å². The lowest BCUT2D eigenvalue weighted by Crippen LogP contribution is -2.61. The van der Waals surface area contributed by atoms with Gasteiger partial charge < -0.3 is 43.8 Å². The number of aliphatic hydroxyl groups excluding tert-OH is 2. The van der Waals surface area contributed by atoms with Crippen molar-refractivity contribution in [2.75, 3.05) is 27.4 Å². The summed E-state index contributed by atoms with van der Waals surface area (Å²) in [5.74, 6) is -0.322. The van der Waals surface area contributed by atoms with Gasteiger partial charge in [-0.25, -0.2) is 4.79 Å². The van der Waals surface area contributed by atoms with Gasteiger partial charge in [-0.1, -0.05) is 36.4 Å². The van der Waals surface area contributed by atoms with E-state index in [-0.39, 0.29) is 19.1 Å². The molecule has 5 unspecified atom stereocenters. The van der Waals surface area contributed by atoms with Crippen LogP contribution in [0.3, 0.4) is 0 Å². The molecule has 3 aliphatic rings. The van der Waals surface area contributed by atoms with Gasteiger partial charge >= 0.3 is 6.09 Å². The SMILES string of the molecule is COC1C(N(C)C(=O)OCCO)CC2OC1(C)n1c3ccccc3c3c4c(c5c6ccccc6n2c5c31)C(=O)NC4O. The molecule has 3 aromatic carbocycles. The summed E-state index contributed by atoms with van der Waals surface area (Å²) in [4.78, 5) is 28.2. The molecule has 1 fully saturated rings. The first kappa shape index (κ1) is 25.5. The van der Waals surface area contributed by atoms with Crippen LogP contribution in [0.25, 0.3) is 43.6 Å². The topological polar surface area (TPSA) is 127 Å². The molecule has 0 radical (unpaired) electrons. The molecule has 5 aromatic rings. The summed E-state index contributed by atoms with van der Waals surface area (Å²) < 4.78 is 22.8. The first-order valence-corrected chi connectivity index (χ1v) is 14.0. The van der Waals surface area contributed by atoms with Crippen LogP contribution in [-0.4, -0.2) is 75.8 Å². The predicted octanol–water partition coefficient (Wildman–Crippen LogP) is 3.69. The maximum atomic E-state index is 13.5. The zero-order valence-corrected chi connectivity index (χ0v) is 23.3. The summed E-state index contributed by atoms with van der Waals surface area (Å²) in [6, 6.07) is 15.3. The van der Waals surface area contributed by atoms with Gasteiger partial charge in [-0.3, -0.25) is 4.79 Å². The minimum Gasteiger partial charge on any atom is -0.447 e. The highest BCUT2D eigenvalue weighted by atomic mass is 16.6. The van der Waals surface area contributed by atoms with Crippen LogP contribution in [0.2, 0.25) is 0 Å². The molecule has 1 saturated heterocycles. The number of aliphatic hydroxyl groups is 2. The molecular formula is C31H30N4O7. The van der Waals surface area contributed by atoms with E-state index in [1.165, 1.54) is 4.90 Å². The van der Waals surface area contributed by atoms with Crippen LogP contribution in [0.1, 0.15) is 41.7 Å². The average molecular weight is 571 g/mol. The Morgan fingerprint density at radius 1 is 1.12 bits per heavy atom. The number of fused-ring (bicyclic) bond motifs is 13. The molecule has 216 valence electrons. The molecular weight excluding hydrogens is 540 g/mol. The Morgan fingerprint density at radius 3 is 2.52 bits per heavy atom. The van der Waals surface area contributed by atoms with Crippen LogP contribution >= 0.6 is 0 Å². The fraction of sp³-hybridized carbons (Fsp3) is 0.355. The smallest absolute Gasteiger partial charge is 0.409 e. The number of benzene rings is 3. The van der Waals surface area contributed by atoms with Gasteiger partial charge in [-0.15, -0.1) is 0 Å². The molecule has 0 saturated carbocycles. The molecule has 0 spiro atoms. The average Bonchev–Trinajstić information content (AvgIpc) is 3.59. The number of aromatic nitrogens is 2. The molecule has 3 aliphatic heterocycles. The number of hydrogen-bond acceptors (Lipinski definition) is 7. The van der Waals surface area contributed by atoms with Gasteiger partial charge in [-0.05, 0) is 19.1 Å². The molecule has 2 amide bonds. The number of nitrogens with one attached hydrogen (secondary N) is 1. The quantitative estimate of drug-likeness (QED) is 0.301. The first-order chi connectivity index (χ1) is 20.3. The molecule has 0 aliphatic carbocycles. The van der Waals surface area contributed by atoms with E-state index < -0.39 is 36.4 Å². The van der Waals surface area contributed by atoms with Gasteiger partial charge in [0, 0.05) is 47.7 Å². The fourth-order valence-corrected chi connectivity index (χ4v) is 7.81. The fourth-order valence-electron chi connectivity index (χ4n) is 7.81. The number of hydrogen-bond donors (Lipinski definition) is 3. The Morgan fingerprint density at radius 2 is 1.81 bits per heavy atom. The standard InChI is InChI=1S/C31H30N4O7/c1-31-27(40-3)19(33(2)30(39)41-13-12-36)14-20(42-31)34-17-10-6-4-8-15(17)21-23-24(29(38)32-28(23)37)22-16-9-5-7-11-18(16)35(31)26(22)25(21)34/h4-11,19-20,27,29,36,38H,12-14H2,1-3H3,(H,32,37). The summed E-state index contributed by atoms with van der Waals surface area (Å²) in [7, 11) is 3.28. The third-order valence-corrected chi connectivity index (χ3v) is 9.35. The van der Waals surface area contributed by atoms with Crippen molar-refractivity contribution in [1.29, 1.82) is 0 Å². The minimum atomic E-state index is -1.17. The number of methoxy groups -OCH3 is 1. The number of likely N-dealkylation sites (N-methyl/N-ethyl adjacent to an activating group) is 1. The maximum Gasteiger partial charge on any atom is 0.409 e. The van der Waals surface area contributed by atoms with Crippen molar-refractivity contribution < 1.29 is 34.0 Å². The molecule has 11 nitrogen and oxygen atoms in total. The number of para-hydroxylation sites is 2. The number of nitrogens with zero attached hydrogens (tertiary/aromatic N) is 3. The number of carbonyl (C=O) groups excluding carboxylic acids is 2. The third-order valence-electron chi connectivity index (χ3n) is 9.35. The van der Waals surface area contributed by atoms with Crippen molar-refractivity contribution in [3.05, 3.63) is 59.7 Å². The molecule has 8 rings (SSSR count). The lowest BCUT2D eigenvalue weighted by atomic mass is 9.92. The second-order valence-corrected chi connectivity index (χ2v) is 11.4. The Balaban J connectivity index is 1.55. The van der Waals surface area contributed by atoms with E-state index >= 15 is 0 Å². The summed E-state index contributed by atoms with van der Waals surface area (Å²) >= 11 is 0. The Kier molecular flexibility index (Phi) is 5.28. The van der Waals surface area contributed by atoms with Crippen LogP contribution in [0.4, 0.5) is 4.79 Å². The molecule has 2 aromatic heterocycles. The van der Waals surface area contributed by atoms with E-state index in [0.717, 1.165) is 43.6 Å².